The summed E-state index contributed by atoms with van der Waals surface area (Å²) in [5.74, 6) is 1.08. The molecule has 0 bridgehead atoms. The molecular formula is C12H18BrN3. The first kappa shape index (κ1) is 11.9. The highest BCUT2D eigenvalue weighted by Gasteiger charge is 2.23. The van der Waals surface area contributed by atoms with Crippen LogP contribution in [0.3, 0.4) is 0 Å². The smallest absolute Gasteiger partial charge is 0.143 e. The Morgan fingerprint density at radius 1 is 1.44 bits per heavy atom. The Hall–Kier alpha value is -0.610. The van der Waals surface area contributed by atoms with Crippen molar-refractivity contribution in [3.05, 3.63) is 22.3 Å². The Bertz CT molecular complexity index is 381. The molecule has 0 amide bonds. The predicted octanol–water partition coefficient (Wildman–Crippen LogP) is 2.29. The monoisotopic (exact) mass is 283 g/mol. The maximum absolute atomic E-state index is 4.54. The molecule has 1 aromatic rings. The van der Waals surface area contributed by atoms with Crippen molar-refractivity contribution >= 4 is 21.7 Å². The fraction of sp³-hybridized carbons (Fsp3) is 0.583. The molecule has 2 rings (SSSR count). The second-order valence-corrected chi connectivity index (χ2v) is 5.48. The van der Waals surface area contributed by atoms with Gasteiger partial charge in [-0.25, -0.2) is 4.98 Å². The SMILES string of the molecule is Cc1cnc(N2CCN(C)CC2C)c(Br)c1. The molecule has 0 N–H and O–H groups in total. The molecule has 1 aliphatic rings. The molecule has 1 fully saturated rings. The van der Waals surface area contributed by atoms with Gasteiger partial charge in [0.1, 0.15) is 5.82 Å². The van der Waals surface area contributed by atoms with E-state index in [-0.39, 0.29) is 0 Å². The summed E-state index contributed by atoms with van der Waals surface area (Å²) in [6.45, 7) is 7.57. The maximum atomic E-state index is 4.54. The van der Waals surface area contributed by atoms with Gasteiger partial charge in [-0.15, -0.1) is 0 Å². The van der Waals surface area contributed by atoms with E-state index < -0.39 is 0 Å². The molecule has 0 aromatic carbocycles. The van der Waals surface area contributed by atoms with Crippen molar-refractivity contribution < 1.29 is 0 Å². The molecule has 0 saturated carbocycles. The summed E-state index contributed by atoms with van der Waals surface area (Å²) < 4.78 is 1.10. The van der Waals surface area contributed by atoms with Gasteiger partial charge in [0.25, 0.3) is 0 Å². The van der Waals surface area contributed by atoms with Crippen molar-refractivity contribution in [1.82, 2.24) is 9.88 Å². The van der Waals surface area contributed by atoms with E-state index in [9.17, 15) is 0 Å². The van der Waals surface area contributed by atoms with Gasteiger partial charge in [0.15, 0.2) is 0 Å². The lowest BCUT2D eigenvalue weighted by Gasteiger charge is -2.39. The van der Waals surface area contributed by atoms with Crippen LogP contribution in [-0.4, -0.2) is 42.6 Å². The van der Waals surface area contributed by atoms with Crippen LogP contribution in [0.1, 0.15) is 12.5 Å². The summed E-state index contributed by atoms with van der Waals surface area (Å²) in [5.41, 5.74) is 1.19. The first-order valence-corrected chi connectivity index (χ1v) is 6.44. The number of likely N-dealkylation sites (N-methyl/N-ethyl adjacent to an activating group) is 1. The third-order valence-electron chi connectivity index (χ3n) is 3.06. The van der Waals surface area contributed by atoms with E-state index in [1.807, 2.05) is 6.20 Å². The highest BCUT2D eigenvalue weighted by atomic mass is 79.9. The number of pyridine rings is 1. The van der Waals surface area contributed by atoms with Crippen molar-refractivity contribution in [2.75, 3.05) is 31.6 Å². The van der Waals surface area contributed by atoms with Gasteiger partial charge < -0.3 is 9.80 Å². The summed E-state index contributed by atoms with van der Waals surface area (Å²) in [6.07, 6.45) is 1.94. The van der Waals surface area contributed by atoms with Gasteiger partial charge in [0.2, 0.25) is 0 Å². The molecule has 88 valence electrons. The zero-order valence-corrected chi connectivity index (χ0v) is 11.7. The first-order chi connectivity index (χ1) is 7.58. The number of piperazine rings is 1. The van der Waals surface area contributed by atoms with Crippen molar-refractivity contribution in [2.24, 2.45) is 0 Å². The third kappa shape index (κ3) is 2.38. The van der Waals surface area contributed by atoms with Crippen molar-refractivity contribution in [2.45, 2.75) is 19.9 Å². The van der Waals surface area contributed by atoms with E-state index in [4.69, 9.17) is 0 Å². The molecule has 16 heavy (non-hydrogen) atoms. The molecule has 1 saturated heterocycles. The number of rotatable bonds is 1. The highest BCUT2D eigenvalue weighted by molar-refractivity contribution is 9.10. The number of anilines is 1. The number of aromatic nitrogens is 1. The van der Waals surface area contributed by atoms with E-state index in [0.29, 0.717) is 6.04 Å². The summed E-state index contributed by atoms with van der Waals surface area (Å²) >= 11 is 3.61. The van der Waals surface area contributed by atoms with Crippen LogP contribution in [0.4, 0.5) is 5.82 Å². The van der Waals surface area contributed by atoms with Gasteiger partial charge >= 0.3 is 0 Å². The van der Waals surface area contributed by atoms with Gasteiger partial charge in [-0.2, -0.15) is 0 Å². The van der Waals surface area contributed by atoms with Crippen molar-refractivity contribution in [3.8, 4) is 0 Å². The van der Waals surface area contributed by atoms with E-state index in [2.05, 4.69) is 57.7 Å². The first-order valence-electron chi connectivity index (χ1n) is 5.65. The molecule has 1 atom stereocenters. The number of hydrogen-bond donors (Lipinski definition) is 0. The van der Waals surface area contributed by atoms with Crippen LogP contribution in [0, 0.1) is 6.92 Å². The molecule has 0 spiro atoms. The zero-order chi connectivity index (χ0) is 11.7. The molecule has 4 heteroatoms. The van der Waals surface area contributed by atoms with Crippen LogP contribution in [0.5, 0.6) is 0 Å². The Morgan fingerprint density at radius 2 is 2.19 bits per heavy atom. The van der Waals surface area contributed by atoms with Gasteiger partial charge in [-0.05, 0) is 48.5 Å². The zero-order valence-electron chi connectivity index (χ0n) is 10.1. The number of aryl methyl sites for hydroxylation is 1. The van der Waals surface area contributed by atoms with Gasteiger partial charge in [0, 0.05) is 31.9 Å². The van der Waals surface area contributed by atoms with Crippen LogP contribution in [0.2, 0.25) is 0 Å². The molecule has 0 aliphatic carbocycles. The third-order valence-corrected chi connectivity index (χ3v) is 3.64. The van der Waals surface area contributed by atoms with Gasteiger partial charge in [-0.3, -0.25) is 0 Å². The Kier molecular flexibility index (Phi) is 3.50. The quantitative estimate of drug-likeness (QED) is 0.789. The van der Waals surface area contributed by atoms with Crippen molar-refractivity contribution in [3.63, 3.8) is 0 Å². The molecule has 2 heterocycles. The van der Waals surface area contributed by atoms with Crippen LogP contribution in [0.15, 0.2) is 16.7 Å². The minimum absolute atomic E-state index is 0.519. The van der Waals surface area contributed by atoms with Crippen LogP contribution in [-0.2, 0) is 0 Å². The number of nitrogens with zero attached hydrogens (tertiary/aromatic N) is 3. The lowest BCUT2D eigenvalue weighted by Crippen LogP contribution is -2.51. The summed E-state index contributed by atoms with van der Waals surface area (Å²) in [7, 11) is 2.17. The molecule has 3 nitrogen and oxygen atoms in total. The molecule has 0 radical (unpaired) electrons. The fourth-order valence-electron chi connectivity index (χ4n) is 2.19. The van der Waals surface area contributed by atoms with E-state index >= 15 is 0 Å². The molecule has 1 aromatic heterocycles. The Balaban J connectivity index is 2.23. The highest BCUT2D eigenvalue weighted by Crippen LogP contribution is 2.27. The minimum Gasteiger partial charge on any atom is -0.350 e. The van der Waals surface area contributed by atoms with Crippen molar-refractivity contribution in [1.29, 1.82) is 0 Å². The van der Waals surface area contributed by atoms with E-state index in [0.717, 1.165) is 29.9 Å². The molecule has 1 unspecified atom stereocenters. The summed E-state index contributed by atoms with van der Waals surface area (Å²) in [5, 5.41) is 0. The summed E-state index contributed by atoms with van der Waals surface area (Å²) in [6, 6.07) is 2.65. The topological polar surface area (TPSA) is 19.4 Å². The normalized spacial score (nSPS) is 22.5. The largest absolute Gasteiger partial charge is 0.350 e. The second kappa shape index (κ2) is 4.72. The van der Waals surface area contributed by atoms with Gasteiger partial charge in [0.05, 0.1) is 4.47 Å². The minimum atomic E-state index is 0.519. The fourth-order valence-corrected chi connectivity index (χ4v) is 2.88. The predicted molar refractivity (Wildman–Crippen MR) is 71.0 cm³/mol. The van der Waals surface area contributed by atoms with E-state index in [1.54, 1.807) is 0 Å². The van der Waals surface area contributed by atoms with Crippen LogP contribution >= 0.6 is 15.9 Å². The number of halogens is 1. The summed E-state index contributed by atoms with van der Waals surface area (Å²) in [4.78, 5) is 9.28. The average molecular weight is 284 g/mol. The Morgan fingerprint density at radius 3 is 2.81 bits per heavy atom. The van der Waals surface area contributed by atoms with Gasteiger partial charge in [-0.1, -0.05) is 0 Å². The average Bonchev–Trinajstić information content (AvgIpc) is 2.19. The lowest BCUT2D eigenvalue weighted by atomic mass is 10.2. The standard InChI is InChI=1S/C12H18BrN3/c1-9-6-11(13)12(14-7-9)16-5-4-15(3)8-10(16)2/h6-7,10H,4-5,8H2,1-3H3. The molecular weight excluding hydrogens is 266 g/mol. The second-order valence-electron chi connectivity index (χ2n) is 4.62. The Labute approximate surface area is 106 Å². The lowest BCUT2D eigenvalue weighted by molar-refractivity contribution is 0.274. The molecule has 1 aliphatic heterocycles. The maximum Gasteiger partial charge on any atom is 0.143 e. The van der Waals surface area contributed by atoms with Crippen LogP contribution < -0.4 is 4.90 Å². The number of hydrogen-bond acceptors (Lipinski definition) is 3. The van der Waals surface area contributed by atoms with E-state index in [1.165, 1.54) is 5.56 Å². The van der Waals surface area contributed by atoms with Crippen LogP contribution in [0.25, 0.3) is 0 Å².